The van der Waals surface area contributed by atoms with Crippen LogP contribution in [0.25, 0.3) is 0 Å². The maximum absolute atomic E-state index is 12.3. The Balaban J connectivity index is 2.03. The smallest absolute Gasteiger partial charge is 0.227 e. The highest BCUT2D eigenvalue weighted by molar-refractivity contribution is 7.12. The van der Waals surface area contributed by atoms with E-state index in [9.17, 15) is 4.79 Å². The van der Waals surface area contributed by atoms with Crippen molar-refractivity contribution in [1.82, 2.24) is 4.90 Å². The van der Waals surface area contributed by atoms with Crippen LogP contribution in [0.5, 0.6) is 0 Å². The van der Waals surface area contributed by atoms with Gasteiger partial charge in [0, 0.05) is 22.5 Å². The van der Waals surface area contributed by atoms with Gasteiger partial charge in [0.1, 0.15) is 0 Å². The van der Waals surface area contributed by atoms with E-state index in [1.807, 2.05) is 36.2 Å². The minimum absolute atomic E-state index is 0.106. The van der Waals surface area contributed by atoms with Crippen LogP contribution in [0.4, 0.5) is 5.69 Å². The lowest BCUT2D eigenvalue weighted by atomic mass is 10.1. The number of nitrogens with two attached hydrogens (primary N) is 1. The van der Waals surface area contributed by atoms with E-state index in [0.29, 0.717) is 6.42 Å². The lowest BCUT2D eigenvalue weighted by Gasteiger charge is -2.24. The fourth-order valence-corrected chi connectivity index (χ4v) is 2.99. The van der Waals surface area contributed by atoms with Crippen molar-refractivity contribution in [2.75, 3.05) is 12.8 Å². The third-order valence-corrected chi connectivity index (χ3v) is 4.65. The van der Waals surface area contributed by atoms with Crippen LogP contribution in [-0.2, 0) is 11.2 Å². The SMILES string of the molecule is Cc1ccc(C(C)N(C)C(=O)Cc2ccc(N)cc2)s1. The molecule has 106 valence electrons. The Kier molecular flexibility index (Phi) is 4.45. The lowest BCUT2D eigenvalue weighted by Crippen LogP contribution is -2.30. The molecule has 0 aliphatic rings. The molecule has 0 radical (unpaired) electrons. The van der Waals surface area contributed by atoms with Crippen LogP contribution in [-0.4, -0.2) is 17.9 Å². The molecule has 2 aromatic rings. The van der Waals surface area contributed by atoms with Gasteiger partial charge in [0.15, 0.2) is 0 Å². The van der Waals surface area contributed by atoms with Crippen LogP contribution in [0.3, 0.4) is 0 Å². The van der Waals surface area contributed by atoms with E-state index in [2.05, 4.69) is 26.0 Å². The second kappa shape index (κ2) is 6.09. The van der Waals surface area contributed by atoms with E-state index in [0.717, 1.165) is 11.3 Å². The molecule has 20 heavy (non-hydrogen) atoms. The molecular formula is C16H20N2OS. The molecule has 1 aromatic carbocycles. The van der Waals surface area contributed by atoms with Crippen molar-refractivity contribution in [2.24, 2.45) is 0 Å². The van der Waals surface area contributed by atoms with E-state index in [-0.39, 0.29) is 11.9 Å². The third kappa shape index (κ3) is 3.39. The molecule has 0 fully saturated rings. The number of thiophene rings is 1. The first-order valence-electron chi connectivity index (χ1n) is 6.64. The summed E-state index contributed by atoms with van der Waals surface area (Å²) in [5.41, 5.74) is 7.36. The number of hydrogen-bond acceptors (Lipinski definition) is 3. The summed E-state index contributed by atoms with van der Waals surface area (Å²) in [6, 6.07) is 11.8. The first-order chi connectivity index (χ1) is 9.47. The molecule has 1 aromatic heterocycles. The monoisotopic (exact) mass is 288 g/mol. The molecule has 0 aliphatic heterocycles. The number of aryl methyl sites for hydroxylation is 1. The Morgan fingerprint density at radius 3 is 2.45 bits per heavy atom. The third-order valence-electron chi connectivity index (χ3n) is 3.48. The molecule has 1 atom stereocenters. The summed E-state index contributed by atoms with van der Waals surface area (Å²) in [7, 11) is 1.86. The molecule has 0 aliphatic carbocycles. The molecule has 0 saturated carbocycles. The number of nitrogens with zero attached hydrogens (tertiary/aromatic N) is 1. The van der Waals surface area contributed by atoms with Gasteiger partial charge in [-0.05, 0) is 43.7 Å². The molecule has 0 saturated heterocycles. The molecule has 0 spiro atoms. The zero-order chi connectivity index (χ0) is 14.7. The first kappa shape index (κ1) is 14.6. The largest absolute Gasteiger partial charge is 0.399 e. The van der Waals surface area contributed by atoms with E-state index in [4.69, 9.17) is 5.73 Å². The van der Waals surface area contributed by atoms with Gasteiger partial charge in [-0.25, -0.2) is 0 Å². The predicted octanol–water partition coefficient (Wildman–Crippen LogP) is 3.40. The molecule has 1 heterocycles. The number of amides is 1. The van der Waals surface area contributed by atoms with Gasteiger partial charge in [-0.1, -0.05) is 12.1 Å². The van der Waals surface area contributed by atoms with Gasteiger partial charge in [-0.15, -0.1) is 11.3 Å². The molecule has 2 N–H and O–H groups in total. The molecule has 3 nitrogen and oxygen atoms in total. The van der Waals surface area contributed by atoms with Crippen LogP contribution in [0, 0.1) is 6.92 Å². The average Bonchev–Trinajstić information content (AvgIpc) is 2.86. The first-order valence-corrected chi connectivity index (χ1v) is 7.45. The summed E-state index contributed by atoms with van der Waals surface area (Å²) < 4.78 is 0. The molecule has 1 amide bonds. The number of benzene rings is 1. The van der Waals surface area contributed by atoms with Crippen LogP contribution in [0.2, 0.25) is 0 Å². The highest BCUT2D eigenvalue weighted by Crippen LogP contribution is 2.26. The lowest BCUT2D eigenvalue weighted by molar-refractivity contribution is -0.131. The van der Waals surface area contributed by atoms with E-state index < -0.39 is 0 Å². The van der Waals surface area contributed by atoms with Crippen molar-refractivity contribution in [3.8, 4) is 0 Å². The van der Waals surface area contributed by atoms with Gasteiger partial charge in [-0.3, -0.25) is 4.79 Å². The quantitative estimate of drug-likeness (QED) is 0.876. The number of likely N-dealkylation sites (N-methyl/N-ethyl adjacent to an activating group) is 1. The Morgan fingerprint density at radius 1 is 1.25 bits per heavy atom. The zero-order valence-electron chi connectivity index (χ0n) is 12.1. The van der Waals surface area contributed by atoms with Gasteiger partial charge < -0.3 is 10.6 Å². The highest BCUT2D eigenvalue weighted by Gasteiger charge is 2.18. The zero-order valence-corrected chi connectivity index (χ0v) is 12.9. The van der Waals surface area contributed by atoms with Crippen LogP contribution < -0.4 is 5.73 Å². The molecular weight excluding hydrogens is 268 g/mol. The summed E-state index contributed by atoms with van der Waals surface area (Å²) in [6.45, 7) is 4.14. The van der Waals surface area contributed by atoms with Gasteiger partial charge >= 0.3 is 0 Å². The van der Waals surface area contributed by atoms with E-state index >= 15 is 0 Å². The maximum Gasteiger partial charge on any atom is 0.227 e. The number of anilines is 1. The summed E-state index contributed by atoms with van der Waals surface area (Å²) in [5, 5.41) is 0. The summed E-state index contributed by atoms with van der Waals surface area (Å²) >= 11 is 1.74. The van der Waals surface area contributed by atoms with E-state index in [1.54, 1.807) is 11.3 Å². The van der Waals surface area contributed by atoms with Gasteiger partial charge in [0.2, 0.25) is 5.91 Å². The number of carbonyl (C=O) groups excluding carboxylic acids is 1. The minimum atomic E-state index is 0.106. The number of hydrogen-bond donors (Lipinski definition) is 1. The number of carbonyl (C=O) groups is 1. The van der Waals surface area contributed by atoms with Gasteiger partial charge in [0.05, 0.1) is 12.5 Å². The van der Waals surface area contributed by atoms with Gasteiger partial charge in [-0.2, -0.15) is 0 Å². The Labute approximate surface area is 124 Å². The Morgan fingerprint density at radius 2 is 1.90 bits per heavy atom. The fraction of sp³-hybridized carbons (Fsp3) is 0.312. The number of nitrogen functional groups attached to an aromatic ring is 1. The fourth-order valence-electron chi connectivity index (χ4n) is 2.02. The normalized spacial score (nSPS) is 12.2. The molecule has 4 heteroatoms. The maximum atomic E-state index is 12.3. The second-order valence-corrected chi connectivity index (χ2v) is 6.37. The Hall–Kier alpha value is -1.81. The Bertz CT molecular complexity index is 589. The van der Waals surface area contributed by atoms with Crippen molar-refractivity contribution >= 4 is 22.9 Å². The molecule has 2 rings (SSSR count). The van der Waals surface area contributed by atoms with Crippen molar-refractivity contribution < 1.29 is 4.79 Å². The van der Waals surface area contributed by atoms with Crippen LogP contribution in [0.15, 0.2) is 36.4 Å². The van der Waals surface area contributed by atoms with Crippen molar-refractivity contribution in [3.05, 3.63) is 51.7 Å². The summed E-state index contributed by atoms with van der Waals surface area (Å²) in [5.74, 6) is 0.119. The summed E-state index contributed by atoms with van der Waals surface area (Å²) in [6.07, 6.45) is 0.408. The van der Waals surface area contributed by atoms with Crippen LogP contribution in [0.1, 0.15) is 28.3 Å². The topological polar surface area (TPSA) is 46.3 Å². The second-order valence-electron chi connectivity index (χ2n) is 5.05. The van der Waals surface area contributed by atoms with Crippen molar-refractivity contribution in [1.29, 1.82) is 0 Å². The summed E-state index contributed by atoms with van der Waals surface area (Å²) in [4.78, 5) is 16.6. The van der Waals surface area contributed by atoms with Gasteiger partial charge in [0.25, 0.3) is 0 Å². The number of rotatable bonds is 4. The molecule has 0 bridgehead atoms. The average molecular weight is 288 g/mol. The van der Waals surface area contributed by atoms with Crippen molar-refractivity contribution in [3.63, 3.8) is 0 Å². The minimum Gasteiger partial charge on any atom is -0.399 e. The van der Waals surface area contributed by atoms with Crippen LogP contribution >= 0.6 is 11.3 Å². The standard InChI is InChI=1S/C16H20N2OS/c1-11-4-9-15(20-11)12(2)18(3)16(19)10-13-5-7-14(17)8-6-13/h4-9,12H,10,17H2,1-3H3. The predicted molar refractivity (Wildman–Crippen MR) is 84.8 cm³/mol. The highest BCUT2D eigenvalue weighted by atomic mass is 32.1. The van der Waals surface area contributed by atoms with E-state index in [1.165, 1.54) is 9.75 Å². The molecule has 1 unspecified atom stereocenters. The van der Waals surface area contributed by atoms with Crippen molar-refractivity contribution in [2.45, 2.75) is 26.3 Å².